The average molecular weight is 478 g/mol. The number of rotatable bonds is 3. The Morgan fingerprint density at radius 2 is 1.69 bits per heavy atom. The van der Waals surface area contributed by atoms with Gasteiger partial charge in [0, 0.05) is 26.7 Å². The highest BCUT2D eigenvalue weighted by atomic mass is 32.1. The SMILES string of the molecule is Cc1c(CC(C)C)sc2c1ccc1oc3ccnc(-c4cc(C(C)(C)C)c5ccccc5c4)c3c12. The van der Waals surface area contributed by atoms with Crippen LogP contribution in [0.5, 0.6) is 0 Å². The molecular formula is C32H31NOS. The molecule has 0 unspecified atom stereocenters. The molecule has 3 heterocycles. The highest BCUT2D eigenvalue weighted by Crippen LogP contribution is 2.44. The van der Waals surface area contributed by atoms with E-state index in [9.17, 15) is 0 Å². The number of hydrogen-bond acceptors (Lipinski definition) is 3. The lowest BCUT2D eigenvalue weighted by atomic mass is 9.82. The van der Waals surface area contributed by atoms with Crippen LogP contribution in [0.1, 0.15) is 50.6 Å². The molecule has 0 bridgehead atoms. The van der Waals surface area contributed by atoms with Gasteiger partial charge in [-0.15, -0.1) is 11.3 Å². The van der Waals surface area contributed by atoms with Crippen molar-refractivity contribution in [3.8, 4) is 11.3 Å². The maximum atomic E-state index is 6.40. The second-order valence-corrected chi connectivity index (χ2v) is 12.3. The first-order valence-corrected chi connectivity index (χ1v) is 13.3. The maximum Gasteiger partial charge on any atom is 0.139 e. The molecule has 0 N–H and O–H groups in total. The van der Waals surface area contributed by atoms with Gasteiger partial charge in [0.2, 0.25) is 0 Å². The number of aryl methyl sites for hydroxylation is 1. The van der Waals surface area contributed by atoms with Crippen molar-refractivity contribution in [1.29, 1.82) is 0 Å². The van der Waals surface area contributed by atoms with Crippen molar-refractivity contribution >= 4 is 54.1 Å². The molecule has 0 amide bonds. The average Bonchev–Trinajstić information content (AvgIpc) is 3.34. The molecule has 0 saturated heterocycles. The third kappa shape index (κ3) is 3.56. The quantitative estimate of drug-likeness (QED) is 0.253. The van der Waals surface area contributed by atoms with Crippen molar-refractivity contribution in [1.82, 2.24) is 4.98 Å². The molecule has 176 valence electrons. The van der Waals surface area contributed by atoms with E-state index in [1.54, 1.807) is 0 Å². The summed E-state index contributed by atoms with van der Waals surface area (Å²) in [5.41, 5.74) is 6.76. The van der Waals surface area contributed by atoms with Gasteiger partial charge < -0.3 is 4.42 Å². The predicted octanol–water partition coefficient (Wildman–Crippen LogP) is 9.82. The van der Waals surface area contributed by atoms with Gasteiger partial charge in [0.05, 0.1) is 11.1 Å². The smallest absolute Gasteiger partial charge is 0.139 e. The summed E-state index contributed by atoms with van der Waals surface area (Å²) in [4.78, 5) is 6.43. The van der Waals surface area contributed by atoms with Crippen LogP contribution < -0.4 is 0 Å². The van der Waals surface area contributed by atoms with Crippen molar-refractivity contribution in [3.63, 3.8) is 0 Å². The molecule has 2 nitrogen and oxygen atoms in total. The van der Waals surface area contributed by atoms with Crippen LogP contribution in [0.25, 0.3) is 54.1 Å². The molecule has 6 rings (SSSR count). The summed E-state index contributed by atoms with van der Waals surface area (Å²) in [5, 5.41) is 6.22. The van der Waals surface area contributed by atoms with Crippen molar-refractivity contribution in [2.24, 2.45) is 5.92 Å². The minimum absolute atomic E-state index is 0.0197. The van der Waals surface area contributed by atoms with Gasteiger partial charge in [0.25, 0.3) is 0 Å². The van der Waals surface area contributed by atoms with Crippen molar-refractivity contribution in [3.05, 3.63) is 76.8 Å². The van der Waals surface area contributed by atoms with Crippen LogP contribution in [0.2, 0.25) is 0 Å². The van der Waals surface area contributed by atoms with Crippen LogP contribution in [0.15, 0.2) is 65.2 Å². The fraction of sp³-hybridized carbons (Fsp3) is 0.281. The molecule has 35 heavy (non-hydrogen) atoms. The van der Waals surface area contributed by atoms with Gasteiger partial charge in [-0.2, -0.15) is 0 Å². The monoisotopic (exact) mass is 477 g/mol. The lowest BCUT2D eigenvalue weighted by Crippen LogP contribution is -2.12. The molecule has 0 aliphatic heterocycles. The number of nitrogens with zero attached hydrogens (tertiary/aromatic N) is 1. The highest BCUT2D eigenvalue weighted by Gasteiger charge is 2.22. The van der Waals surface area contributed by atoms with Crippen molar-refractivity contribution in [2.45, 2.75) is 53.4 Å². The number of pyridine rings is 1. The first-order valence-electron chi connectivity index (χ1n) is 12.5. The molecule has 6 aromatic rings. The van der Waals surface area contributed by atoms with Gasteiger partial charge in [0.1, 0.15) is 11.2 Å². The van der Waals surface area contributed by atoms with E-state index in [-0.39, 0.29) is 5.41 Å². The largest absolute Gasteiger partial charge is 0.456 e. The van der Waals surface area contributed by atoms with Gasteiger partial charge in [-0.25, -0.2) is 0 Å². The molecule has 3 heteroatoms. The number of thiophene rings is 1. The van der Waals surface area contributed by atoms with E-state index in [0.717, 1.165) is 34.2 Å². The van der Waals surface area contributed by atoms with Gasteiger partial charge in [-0.3, -0.25) is 4.98 Å². The third-order valence-electron chi connectivity index (χ3n) is 7.09. The van der Waals surface area contributed by atoms with Gasteiger partial charge in [-0.05, 0) is 82.3 Å². The van der Waals surface area contributed by atoms with E-state index in [2.05, 4.69) is 90.1 Å². The Balaban J connectivity index is 1.71. The number of furan rings is 1. The Kier molecular flexibility index (Phi) is 5.05. The lowest BCUT2D eigenvalue weighted by molar-refractivity contribution is 0.596. The molecule has 3 aromatic carbocycles. The Morgan fingerprint density at radius 3 is 2.46 bits per heavy atom. The summed E-state index contributed by atoms with van der Waals surface area (Å²) in [7, 11) is 0. The van der Waals surface area contributed by atoms with Crippen LogP contribution in [0.3, 0.4) is 0 Å². The Morgan fingerprint density at radius 1 is 0.914 bits per heavy atom. The van der Waals surface area contributed by atoms with Crippen LogP contribution >= 0.6 is 11.3 Å². The normalized spacial score (nSPS) is 12.7. The standard InChI is InChI=1S/C32H31NOS/c1-18(2)15-27-19(3)22-11-12-25-29(31(22)35-27)28-26(34-25)13-14-33-30(28)21-16-20-9-7-8-10-23(20)24(17-21)32(4,5)6/h7-14,16-18H,15H2,1-6H3. The molecule has 0 fully saturated rings. The molecule has 0 spiro atoms. The van der Waals surface area contributed by atoms with E-state index in [1.807, 2.05) is 23.6 Å². The number of hydrogen-bond donors (Lipinski definition) is 0. The van der Waals surface area contributed by atoms with Crippen molar-refractivity contribution in [2.75, 3.05) is 0 Å². The number of fused-ring (bicyclic) bond motifs is 6. The molecule has 3 aromatic heterocycles. The Hall–Kier alpha value is -3.17. The Bertz CT molecular complexity index is 1740. The minimum atomic E-state index is 0.0197. The molecule has 0 atom stereocenters. The van der Waals surface area contributed by atoms with Crippen LogP contribution in [-0.4, -0.2) is 4.98 Å². The summed E-state index contributed by atoms with van der Waals surface area (Å²) < 4.78 is 7.72. The second-order valence-electron chi connectivity index (χ2n) is 11.2. The predicted molar refractivity (Wildman–Crippen MR) is 152 cm³/mol. The zero-order chi connectivity index (χ0) is 24.5. The van der Waals surface area contributed by atoms with Crippen LogP contribution in [0.4, 0.5) is 0 Å². The second kappa shape index (κ2) is 7.93. The number of benzene rings is 3. The van der Waals surface area contributed by atoms with E-state index < -0.39 is 0 Å². The molecule has 0 radical (unpaired) electrons. The first kappa shape index (κ1) is 22.3. The molecular weight excluding hydrogens is 446 g/mol. The van der Waals surface area contributed by atoms with Gasteiger partial charge in [-0.1, -0.05) is 58.9 Å². The summed E-state index contributed by atoms with van der Waals surface area (Å²) in [6.45, 7) is 13.7. The van der Waals surface area contributed by atoms with Gasteiger partial charge >= 0.3 is 0 Å². The summed E-state index contributed by atoms with van der Waals surface area (Å²) in [6.07, 6.45) is 2.99. The fourth-order valence-corrected chi connectivity index (χ4v) is 6.94. The van der Waals surface area contributed by atoms with E-state index in [0.29, 0.717) is 5.92 Å². The highest BCUT2D eigenvalue weighted by molar-refractivity contribution is 7.20. The molecule has 0 saturated carbocycles. The maximum absolute atomic E-state index is 6.40. The van der Waals surface area contributed by atoms with Gasteiger partial charge in [0.15, 0.2) is 0 Å². The fourth-order valence-electron chi connectivity index (χ4n) is 5.38. The molecule has 0 aliphatic rings. The van der Waals surface area contributed by atoms with E-state index in [4.69, 9.17) is 9.40 Å². The summed E-state index contributed by atoms with van der Waals surface area (Å²) in [6, 6.07) is 19.7. The molecule has 0 aliphatic carbocycles. The van der Waals surface area contributed by atoms with Crippen LogP contribution in [-0.2, 0) is 11.8 Å². The first-order chi connectivity index (χ1) is 16.7. The topological polar surface area (TPSA) is 26.0 Å². The van der Waals surface area contributed by atoms with Crippen LogP contribution in [0, 0.1) is 12.8 Å². The zero-order valence-corrected chi connectivity index (χ0v) is 22.1. The summed E-state index contributed by atoms with van der Waals surface area (Å²) >= 11 is 1.93. The zero-order valence-electron chi connectivity index (χ0n) is 21.3. The number of aromatic nitrogens is 1. The van der Waals surface area contributed by atoms with Crippen molar-refractivity contribution < 1.29 is 4.42 Å². The minimum Gasteiger partial charge on any atom is -0.456 e. The third-order valence-corrected chi connectivity index (χ3v) is 8.43. The Labute approximate surface area is 210 Å². The summed E-state index contributed by atoms with van der Waals surface area (Å²) in [5.74, 6) is 0.629. The van der Waals surface area contributed by atoms with E-state index >= 15 is 0 Å². The van der Waals surface area contributed by atoms with E-state index in [1.165, 1.54) is 42.2 Å². The lowest BCUT2D eigenvalue weighted by Gasteiger charge is -2.22.